The molecule has 34 heavy (non-hydrogen) atoms. The van der Waals surface area contributed by atoms with Gasteiger partial charge in [0.25, 0.3) is 5.91 Å². The molecular weight excluding hydrogens is 455 g/mol. The zero-order chi connectivity index (χ0) is 23.7. The molecule has 1 aromatic carbocycles. The third kappa shape index (κ3) is 4.52. The van der Waals surface area contributed by atoms with Gasteiger partial charge < -0.3 is 20.5 Å². The van der Waals surface area contributed by atoms with E-state index in [4.69, 9.17) is 17.3 Å². The van der Waals surface area contributed by atoms with E-state index in [9.17, 15) is 9.18 Å². The van der Waals surface area contributed by atoms with Crippen molar-refractivity contribution in [3.63, 3.8) is 0 Å². The van der Waals surface area contributed by atoms with Crippen molar-refractivity contribution in [2.24, 2.45) is 0 Å². The third-order valence-electron chi connectivity index (χ3n) is 6.89. The first-order valence-electron chi connectivity index (χ1n) is 11.8. The SMILES string of the molecule is Nc1ncc(-c2cccc(Cl)c2F)c(-c2c[nH]c(C(=O)N3CCC(N4CCCCC4)CC3)c2)n1. The lowest BCUT2D eigenvalue weighted by atomic mass is 9.99. The highest BCUT2D eigenvalue weighted by molar-refractivity contribution is 6.31. The number of nitrogen functional groups attached to an aromatic ring is 1. The molecule has 9 heteroatoms. The normalized spacial score (nSPS) is 17.8. The Morgan fingerprint density at radius 2 is 1.88 bits per heavy atom. The van der Waals surface area contributed by atoms with Crippen LogP contribution >= 0.6 is 11.6 Å². The van der Waals surface area contributed by atoms with Gasteiger partial charge >= 0.3 is 0 Å². The summed E-state index contributed by atoms with van der Waals surface area (Å²) in [5.74, 6) is -0.530. The maximum Gasteiger partial charge on any atom is 0.270 e. The highest BCUT2D eigenvalue weighted by Crippen LogP contribution is 2.34. The van der Waals surface area contributed by atoms with Gasteiger partial charge in [-0.1, -0.05) is 30.2 Å². The summed E-state index contributed by atoms with van der Waals surface area (Å²) >= 11 is 5.98. The summed E-state index contributed by atoms with van der Waals surface area (Å²) in [5, 5.41) is 0.0122. The number of aromatic amines is 1. The number of H-pyrrole nitrogens is 1. The van der Waals surface area contributed by atoms with E-state index < -0.39 is 5.82 Å². The van der Waals surface area contributed by atoms with Crippen LogP contribution in [0.4, 0.5) is 10.3 Å². The molecule has 178 valence electrons. The largest absolute Gasteiger partial charge is 0.368 e. The number of nitrogens with zero attached hydrogens (tertiary/aromatic N) is 4. The average molecular weight is 483 g/mol. The van der Waals surface area contributed by atoms with Crippen LogP contribution in [0.15, 0.2) is 36.7 Å². The van der Waals surface area contributed by atoms with E-state index in [1.165, 1.54) is 44.6 Å². The van der Waals surface area contributed by atoms with Gasteiger partial charge in [0.1, 0.15) is 11.5 Å². The summed E-state index contributed by atoms with van der Waals surface area (Å²) in [7, 11) is 0. The highest BCUT2D eigenvalue weighted by atomic mass is 35.5. The molecule has 0 spiro atoms. The standard InChI is InChI=1S/C25H28ClFN6O/c26-20-6-4-5-18(22(20)27)19-15-30-25(28)31-23(19)16-13-21(29-14-16)24(34)33-11-7-17(8-12-33)32-9-2-1-3-10-32/h4-6,13-15,17,29H,1-3,7-12H2,(H2,28,30,31). The first-order chi connectivity index (χ1) is 16.5. The number of piperidine rings is 2. The van der Waals surface area contributed by atoms with E-state index in [2.05, 4.69) is 19.9 Å². The van der Waals surface area contributed by atoms with Crippen LogP contribution in [-0.4, -0.2) is 62.9 Å². The van der Waals surface area contributed by atoms with E-state index in [0.717, 1.165) is 25.9 Å². The number of anilines is 1. The van der Waals surface area contributed by atoms with Crippen molar-refractivity contribution in [2.45, 2.75) is 38.1 Å². The summed E-state index contributed by atoms with van der Waals surface area (Å²) in [5.41, 5.74) is 8.11. The molecule has 5 rings (SSSR count). The van der Waals surface area contributed by atoms with Crippen LogP contribution < -0.4 is 5.73 Å². The number of halogens is 2. The fourth-order valence-electron chi connectivity index (χ4n) is 5.07. The van der Waals surface area contributed by atoms with Crippen molar-refractivity contribution in [2.75, 3.05) is 31.9 Å². The lowest BCUT2D eigenvalue weighted by Gasteiger charge is -2.40. The fourth-order valence-corrected chi connectivity index (χ4v) is 5.24. The first kappa shape index (κ1) is 22.8. The smallest absolute Gasteiger partial charge is 0.270 e. The zero-order valence-corrected chi connectivity index (χ0v) is 19.7. The van der Waals surface area contributed by atoms with Crippen LogP contribution in [0.25, 0.3) is 22.4 Å². The molecule has 2 aliphatic rings. The van der Waals surface area contributed by atoms with Crippen molar-refractivity contribution in [1.29, 1.82) is 0 Å². The number of rotatable bonds is 4. The Kier molecular flexibility index (Phi) is 6.52. The highest BCUT2D eigenvalue weighted by Gasteiger charge is 2.29. The molecule has 2 fully saturated rings. The van der Waals surface area contributed by atoms with E-state index in [1.54, 1.807) is 24.4 Å². The van der Waals surface area contributed by atoms with Gasteiger partial charge in [-0.05, 0) is 50.9 Å². The predicted octanol–water partition coefficient (Wildman–Crippen LogP) is 4.60. The summed E-state index contributed by atoms with van der Waals surface area (Å²) in [6.07, 6.45) is 9.05. The number of nitrogens with one attached hydrogen (secondary N) is 1. The third-order valence-corrected chi connectivity index (χ3v) is 7.19. The number of hydrogen-bond acceptors (Lipinski definition) is 5. The molecule has 0 bridgehead atoms. The second kappa shape index (κ2) is 9.72. The minimum atomic E-state index is -0.554. The molecule has 7 nitrogen and oxygen atoms in total. The van der Waals surface area contributed by atoms with Gasteiger partial charge in [0.05, 0.1) is 10.7 Å². The Labute approximate surface area is 203 Å². The van der Waals surface area contributed by atoms with Gasteiger partial charge in [-0.15, -0.1) is 0 Å². The lowest BCUT2D eigenvalue weighted by Crippen LogP contribution is -2.48. The van der Waals surface area contributed by atoms with E-state index in [0.29, 0.717) is 28.6 Å². The van der Waals surface area contributed by atoms with Crippen LogP contribution in [-0.2, 0) is 0 Å². The molecule has 1 amide bonds. The van der Waals surface area contributed by atoms with E-state index in [1.807, 2.05) is 4.90 Å². The Morgan fingerprint density at radius 3 is 2.65 bits per heavy atom. The Bertz CT molecular complexity index is 1180. The average Bonchev–Trinajstić information content (AvgIpc) is 3.36. The topological polar surface area (TPSA) is 91.1 Å². The van der Waals surface area contributed by atoms with E-state index >= 15 is 0 Å². The van der Waals surface area contributed by atoms with E-state index in [-0.39, 0.29) is 22.4 Å². The quantitative estimate of drug-likeness (QED) is 0.567. The maximum absolute atomic E-state index is 14.7. The Morgan fingerprint density at radius 1 is 1.12 bits per heavy atom. The van der Waals surface area contributed by atoms with Gasteiger partial charge in [0.15, 0.2) is 0 Å². The van der Waals surface area contributed by atoms with Crippen molar-refractivity contribution in [1.82, 2.24) is 24.8 Å². The molecular formula is C25H28ClFN6O. The van der Waals surface area contributed by atoms with Crippen molar-refractivity contribution in [3.8, 4) is 22.4 Å². The summed E-state index contributed by atoms with van der Waals surface area (Å²) in [6, 6.07) is 7.08. The first-order valence-corrected chi connectivity index (χ1v) is 12.2. The number of hydrogen-bond donors (Lipinski definition) is 2. The molecule has 2 saturated heterocycles. The molecule has 2 aromatic heterocycles. The number of nitrogens with two attached hydrogens (primary N) is 1. The molecule has 3 aromatic rings. The van der Waals surface area contributed by atoms with Gasteiger partial charge in [-0.2, -0.15) is 0 Å². The van der Waals surface area contributed by atoms with Crippen molar-refractivity contribution >= 4 is 23.5 Å². The van der Waals surface area contributed by atoms with Gasteiger partial charge in [-0.25, -0.2) is 14.4 Å². The Hall–Kier alpha value is -2.97. The monoisotopic (exact) mass is 482 g/mol. The number of carbonyl (C=O) groups is 1. The molecule has 0 aliphatic carbocycles. The Balaban J connectivity index is 1.35. The lowest BCUT2D eigenvalue weighted by molar-refractivity contribution is 0.0585. The molecule has 0 saturated carbocycles. The summed E-state index contributed by atoms with van der Waals surface area (Å²) < 4.78 is 14.7. The maximum atomic E-state index is 14.7. The fraction of sp³-hybridized carbons (Fsp3) is 0.400. The number of amides is 1. The minimum Gasteiger partial charge on any atom is -0.368 e. The summed E-state index contributed by atoms with van der Waals surface area (Å²) in [6.45, 7) is 3.84. The van der Waals surface area contributed by atoms with Crippen LogP contribution in [0, 0.1) is 5.82 Å². The molecule has 3 N–H and O–H groups in total. The minimum absolute atomic E-state index is 0.0122. The second-order valence-corrected chi connectivity index (χ2v) is 9.42. The molecule has 4 heterocycles. The van der Waals surface area contributed by atoms with Gasteiger partial charge in [-0.3, -0.25) is 4.79 Å². The number of carbonyl (C=O) groups excluding carboxylic acids is 1. The summed E-state index contributed by atoms with van der Waals surface area (Å²) in [4.78, 5) is 29.2. The van der Waals surface area contributed by atoms with Crippen LogP contribution in [0.3, 0.4) is 0 Å². The predicted molar refractivity (Wildman–Crippen MR) is 131 cm³/mol. The van der Waals surface area contributed by atoms with Crippen LogP contribution in [0.5, 0.6) is 0 Å². The van der Waals surface area contributed by atoms with Crippen molar-refractivity contribution < 1.29 is 9.18 Å². The van der Waals surface area contributed by atoms with Gasteiger partial charge in [0, 0.05) is 48.2 Å². The van der Waals surface area contributed by atoms with Crippen LogP contribution in [0.1, 0.15) is 42.6 Å². The molecule has 0 radical (unpaired) electrons. The zero-order valence-electron chi connectivity index (χ0n) is 18.9. The molecule has 0 atom stereocenters. The number of benzene rings is 1. The number of likely N-dealkylation sites (tertiary alicyclic amines) is 2. The molecule has 0 unspecified atom stereocenters. The van der Waals surface area contributed by atoms with Crippen LogP contribution in [0.2, 0.25) is 5.02 Å². The second-order valence-electron chi connectivity index (χ2n) is 9.01. The van der Waals surface area contributed by atoms with Crippen molar-refractivity contribution in [3.05, 3.63) is 53.2 Å². The number of aromatic nitrogens is 3. The molecule has 2 aliphatic heterocycles. The van der Waals surface area contributed by atoms with Gasteiger partial charge in [0.2, 0.25) is 5.95 Å².